The van der Waals surface area contributed by atoms with Crippen molar-refractivity contribution in [3.05, 3.63) is 24.0 Å². The molecule has 1 aliphatic heterocycles. The molecule has 0 aromatic carbocycles. The summed E-state index contributed by atoms with van der Waals surface area (Å²) in [6, 6.07) is 3.39. The van der Waals surface area contributed by atoms with E-state index in [1.165, 1.54) is 24.9 Å². The first kappa shape index (κ1) is 11.7. The first-order chi connectivity index (χ1) is 7.77. The second kappa shape index (κ2) is 5.05. The maximum Gasteiger partial charge on any atom is 0.0509 e. The Bertz CT molecular complexity index is 354. The second-order valence-corrected chi connectivity index (χ2v) is 4.80. The zero-order valence-corrected chi connectivity index (χ0v) is 10.7. The van der Waals surface area contributed by atoms with Crippen LogP contribution >= 0.6 is 11.6 Å². The largest absolute Gasteiger partial charge is 0.366 e. The number of hydrogen-bond acceptors (Lipinski definition) is 2. The molecule has 0 saturated carbocycles. The van der Waals surface area contributed by atoms with E-state index in [4.69, 9.17) is 11.6 Å². The van der Waals surface area contributed by atoms with Crippen LogP contribution in [-0.4, -0.2) is 17.1 Å². The predicted molar refractivity (Wildman–Crippen MR) is 69.0 cm³/mol. The van der Waals surface area contributed by atoms with E-state index < -0.39 is 0 Å². The number of anilines is 1. The zero-order chi connectivity index (χ0) is 11.5. The maximum absolute atomic E-state index is 5.98. The average Bonchev–Trinajstić information content (AvgIpc) is 2.70. The van der Waals surface area contributed by atoms with E-state index in [-0.39, 0.29) is 0 Å². The Balaban J connectivity index is 2.34. The highest BCUT2D eigenvalue weighted by Crippen LogP contribution is 2.34. The van der Waals surface area contributed by atoms with E-state index in [9.17, 15) is 0 Å². The Morgan fingerprint density at radius 3 is 3.00 bits per heavy atom. The summed E-state index contributed by atoms with van der Waals surface area (Å²) in [6.45, 7) is 4.56. The molecule has 2 atom stereocenters. The minimum atomic E-state index is 0.544. The van der Waals surface area contributed by atoms with E-state index in [0.29, 0.717) is 18.0 Å². The van der Waals surface area contributed by atoms with Crippen LogP contribution in [0.3, 0.4) is 0 Å². The summed E-state index contributed by atoms with van der Waals surface area (Å²) >= 11 is 5.98. The third-order valence-electron chi connectivity index (χ3n) is 3.56. The fourth-order valence-corrected chi connectivity index (χ4v) is 2.89. The van der Waals surface area contributed by atoms with Gasteiger partial charge < -0.3 is 4.90 Å². The van der Waals surface area contributed by atoms with Crippen molar-refractivity contribution in [1.29, 1.82) is 0 Å². The number of aromatic nitrogens is 1. The van der Waals surface area contributed by atoms with Crippen LogP contribution in [0.5, 0.6) is 0 Å². The molecular weight excluding hydrogens is 220 g/mol. The smallest absolute Gasteiger partial charge is 0.0509 e. The van der Waals surface area contributed by atoms with Gasteiger partial charge in [0.2, 0.25) is 0 Å². The van der Waals surface area contributed by atoms with Gasteiger partial charge in [-0.2, -0.15) is 0 Å². The third-order valence-corrected chi connectivity index (χ3v) is 3.85. The lowest BCUT2D eigenvalue weighted by Crippen LogP contribution is -2.34. The molecule has 2 heterocycles. The summed E-state index contributed by atoms with van der Waals surface area (Å²) in [5, 5.41) is 0. The highest BCUT2D eigenvalue weighted by molar-refractivity contribution is 6.17. The number of pyridine rings is 1. The number of halogens is 1. The minimum absolute atomic E-state index is 0.544. The van der Waals surface area contributed by atoms with Crippen molar-refractivity contribution in [1.82, 2.24) is 4.98 Å². The van der Waals surface area contributed by atoms with Crippen molar-refractivity contribution in [2.45, 2.75) is 51.1 Å². The SMILES string of the molecule is CCC1CCC(C)N1c1ccncc1CCl. The van der Waals surface area contributed by atoms with Crippen molar-refractivity contribution in [3.63, 3.8) is 0 Å². The molecule has 16 heavy (non-hydrogen) atoms. The predicted octanol–water partition coefficient (Wildman–Crippen LogP) is 3.59. The molecule has 2 rings (SSSR count). The van der Waals surface area contributed by atoms with Crippen molar-refractivity contribution in [2.24, 2.45) is 0 Å². The monoisotopic (exact) mass is 238 g/mol. The minimum Gasteiger partial charge on any atom is -0.366 e. The van der Waals surface area contributed by atoms with Crippen LogP contribution in [0.2, 0.25) is 0 Å². The van der Waals surface area contributed by atoms with Gasteiger partial charge in [-0.05, 0) is 32.3 Å². The van der Waals surface area contributed by atoms with E-state index in [1.807, 2.05) is 12.4 Å². The number of hydrogen-bond donors (Lipinski definition) is 0. The fraction of sp³-hybridized carbons (Fsp3) is 0.615. The van der Waals surface area contributed by atoms with E-state index in [2.05, 4.69) is 29.8 Å². The van der Waals surface area contributed by atoms with Crippen LogP contribution < -0.4 is 4.90 Å². The van der Waals surface area contributed by atoms with Crippen LogP contribution in [-0.2, 0) is 5.88 Å². The quantitative estimate of drug-likeness (QED) is 0.749. The molecule has 1 fully saturated rings. The summed E-state index contributed by atoms with van der Waals surface area (Å²) in [6.07, 6.45) is 7.53. The first-order valence-corrected chi connectivity index (χ1v) is 6.58. The average molecular weight is 239 g/mol. The number of rotatable bonds is 3. The molecular formula is C13H19ClN2. The Kier molecular flexibility index (Phi) is 3.70. The van der Waals surface area contributed by atoms with Gasteiger partial charge in [0.25, 0.3) is 0 Å². The standard InChI is InChI=1S/C13H19ClN2/c1-3-12-5-4-10(2)16(12)13-6-7-15-9-11(13)8-14/h6-7,9-10,12H,3-5,8H2,1-2H3. The lowest BCUT2D eigenvalue weighted by molar-refractivity contribution is 0.626. The van der Waals surface area contributed by atoms with Crippen LogP contribution in [0.1, 0.15) is 38.7 Å². The van der Waals surface area contributed by atoms with Gasteiger partial charge in [-0.25, -0.2) is 0 Å². The molecule has 1 aromatic rings. The Hall–Kier alpha value is -0.760. The number of alkyl halides is 1. The molecule has 1 aromatic heterocycles. The van der Waals surface area contributed by atoms with E-state index in [1.54, 1.807) is 0 Å². The third kappa shape index (κ3) is 2.03. The molecule has 88 valence electrons. The Morgan fingerprint density at radius 1 is 1.50 bits per heavy atom. The molecule has 0 spiro atoms. The molecule has 2 nitrogen and oxygen atoms in total. The second-order valence-electron chi connectivity index (χ2n) is 4.53. The normalized spacial score (nSPS) is 25.1. The summed E-state index contributed by atoms with van der Waals surface area (Å²) in [5.41, 5.74) is 2.43. The molecule has 1 aliphatic rings. The zero-order valence-electron chi connectivity index (χ0n) is 9.99. The van der Waals surface area contributed by atoms with Gasteiger partial charge in [-0.3, -0.25) is 4.98 Å². The van der Waals surface area contributed by atoms with Crippen LogP contribution in [0.4, 0.5) is 5.69 Å². The molecule has 0 aliphatic carbocycles. The van der Waals surface area contributed by atoms with Gasteiger partial charge in [0.05, 0.1) is 5.88 Å². The number of nitrogens with zero attached hydrogens (tertiary/aromatic N) is 2. The topological polar surface area (TPSA) is 16.1 Å². The lowest BCUT2D eigenvalue weighted by atomic mass is 10.1. The van der Waals surface area contributed by atoms with Crippen LogP contribution in [0.25, 0.3) is 0 Å². The fourth-order valence-electron chi connectivity index (χ4n) is 2.68. The molecule has 0 bridgehead atoms. The van der Waals surface area contributed by atoms with Gasteiger partial charge in [-0.15, -0.1) is 11.6 Å². The van der Waals surface area contributed by atoms with Crippen molar-refractivity contribution >= 4 is 17.3 Å². The van der Waals surface area contributed by atoms with E-state index in [0.717, 1.165) is 5.56 Å². The lowest BCUT2D eigenvalue weighted by Gasteiger charge is -2.31. The van der Waals surface area contributed by atoms with Crippen LogP contribution in [0, 0.1) is 0 Å². The summed E-state index contributed by atoms with van der Waals surface area (Å²) in [4.78, 5) is 6.68. The molecule has 0 radical (unpaired) electrons. The Morgan fingerprint density at radius 2 is 2.31 bits per heavy atom. The van der Waals surface area contributed by atoms with Gasteiger partial charge in [0, 0.05) is 35.7 Å². The molecule has 3 heteroatoms. The highest BCUT2D eigenvalue weighted by atomic mass is 35.5. The van der Waals surface area contributed by atoms with E-state index >= 15 is 0 Å². The van der Waals surface area contributed by atoms with Crippen molar-refractivity contribution in [2.75, 3.05) is 4.90 Å². The summed E-state index contributed by atoms with van der Waals surface area (Å²) < 4.78 is 0. The van der Waals surface area contributed by atoms with Gasteiger partial charge >= 0.3 is 0 Å². The van der Waals surface area contributed by atoms with Crippen molar-refractivity contribution in [3.8, 4) is 0 Å². The van der Waals surface area contributed by atoms with Crippen LogP contribution in [0.15, 0.2) is 18.5 Å². The molecule has 0 N–H and O–H groups in total. The highest BCUT2D eigenvalue weighted by Gasteiger charge is 2.30. The molecule has 2 unspecified atom stereocenters. The summed E-state index contributed by atoms with van der Waals surface area (Å²) in [7, 11) is 0. The maximum atomic E-state index is 5.98. The Labute approximate surface area is 103 Å². The van der Waals surface area contributed by atoms with Gasteiger partial charge in [0.1, 0.15) is 0 Å². The van der Waals surface area contributed by atoms with Crippen molar-refractivity contribution < 1.29 is 0 Å². The molecule has 1 saturated heterocycles. The van der Waals surface area contributed by atoms with Gasteiger partial charge in [0.15, 0.2) is 0 Å². The summed E-state index contributed by atoms with van der Waals surface area (Å²) in [5.74, 6) is 0.544. The molecule has 0 amide bonds. The van der Waals surface area contributed by atoms with Gasteiger partial charge in [-0.1, -0.05) is 6.92 Å². The first-order valence-electron chi connectivity index (χ1n) is 6.05.